The first-order chi connectivity index (χ1) is 13.0. The molecule has 3 N–H and O–H groups in total. The number of rotatable bonds is 7. The quantitative estimate of drug-likeness (QED) is 0.352. The van der Waals surface area contributed by atoms with E-state index in [2.05, 4.69) is 15.6 Å². The van der Waals surface area contributed by atoms with Gasteiger partial charge in [-0.15, -0.1) is 0 Å². The lowest BCUT2D eigenvalue weighted by molar-refractivity contribution is 0.663. The van der Waals surface area contributed by atoms with Crippen molar-refractivity contribution in [2.24, 2.45) is 0 Å². The Balaban J connectivity index is 1.52. The van der Waals surface area contributed by atoms with Crippen molar-refractivity contribution in [3.05, 3.63) is 72.8 Å². The third-order valence-corrected chi connectivity index (χ3v) is 5.42. The molecule has 1 aromatic heterocycles. The molecular weight excluding hydrogens is 405 g/mol. The summed E-state index contributed by atoms with van der Waals surface area (Å²) in [5, 5.41) is 8.89. The van der Waals surface area contributed by atoms with E-state index in [1.165, 1.54) is 0 Å². The van der Waals surface area contributed by atoms with Crippen LogP contribution < -0.4 is 16.1 Å². The maximum Gasteiger partial charge on any atom is 0.194 e. The van der Waals surface area contributed by atoms with E-state index in [9.17, 15) is 4.79 Å². The van der Waals surface area contributed by atoms with Crippen molar-refractivity contribution in [3.8, 4) is 0 Å². The molecule has 0 amide bonds. The average molecular weight is 425 g/mol. The lowest BCUT2D eigenvalue weighted by Gasteiger charge is -2.12. The summed E-state index contributed by atoms with van der Waals surface area (Å²) in [5.74, 6) is 0.767. The maximum absolute atomic E-state index is 12.4. The summed E-state index contributed by atoms with van der Waals surface area (Å²) in [5.41, 5.74) is 2.46. The van der Waals surface area contributed by atoms with Crippen LogP contribution in [0.5, 0.6) is 0 Å². The molecule has 0 saturated heterocycles. The maximum atomic E-state index is 12.4. The van der Waals surface area contributed by atoms with Crippen LogP contribution in [-0.2, 0) is 6.54 Å². The van der Waals surface area contributed by atoms with E-state index >= 15 is 0 Å². The highest BCUT2D eigenvalue weighted by atomic mass is 35.5. The van der Waals surface area contributed by atoms with Crippen LogP contribution in [-0.4, -0.2) is 18.1 Å². The van der Waals surface area contributed by atoms with Crippen LogP contribution in [0.3, 0.4) is 0 Å². The Morgan fingerprint density at radius 2 is 1.85 bits per heavy atom. The summed E-state index contributed by atoms with van der Waals surface area (Å²) in [6.45, 7) is 3.93. The largest absolute Gasteiger partial charge is 0.371 e. The van der Waals surface area contributed by atoms with Gasteiger partial charge in [0.2, 0.25) is 0 Å². The van der Waals surface area contributed by atoms with E-state index in [1.54, 1.807) is 6.07 Å². The Morgan fingerprint density at radius 3 is 2.67 bits per heavy atom. The first-order valence-electron chi connectivity index (χ1n) is 8.67. The van der Waals surface area contributed by atoms with Gasteiger partial charge < -0.3 is 15.6 Å². The van der Waals surface area contributed by atoms with Crippen molar-refractivity contribution in [3.63, 3.8) is 0 Å². The van der Waals surface area contributed by atoms with Gasteiger partial charge in [-0.1, -0.05) is 46.9 Å². The molecule has 0 fully saturated rings. The van der Waals surface area contributed by atoms with E-state index in [4.69, 9.17) is 34.8 Å². The molecule has 4 nitrogen and oxygen atoms in total. The summed E-state index contributed by atoms with van der Waals surface area (Å²) < 4.78 is 0. The van der Waals surface area contributed by atoms with Crippen LogP contribution in [0.25, 0.3) is 10.9 Å². The first-order valence-corrected chi connectivity index (χ1v) is 9.80. The number of benzene rings is 2. The molecule has 0 saturated carbocycles. The molecule has 2 aromatic carbocycles. The van der Waals surface area contributed by atoms with Crippen molar-refractivity contribution in [2.45, 2.75) is 19.9 Å². The SMILES string of the molecule is Cc1c(NCCCNCc2cc(Cl)cc(Cl)c2Cl)[nH]c2ccccc2c1=O. The fourth-order valence-electron chi connectivity index (χ4n) is 2.90. The number of nitrogens with one attached hydrogen (secondary N) is 3. The normalized spacial score (nSPS) is 11.1. The Bertz CT molecular complexity index is 1020. The van der Waals surface area contributed by atoms with Gasteiger partial charge >= 0.3 is 0 Å². The zero-order valence-electron chi connectivity index (χ0n) is 14.8. The molecule has 1 heterocycles. The second-order valence-electron chi connectivity index (χ2n) is 6.32. The molecule has 3 rings (SSSR count). The first kappa shape index (κ1) is 20.0. The Hall–Kier alpha value is -1.72. The molecule has 0 aliphatic carbocycles. The summed E-state index contributed by atoms with van der Waals surface area (Å²) >= 11 is 18.2. The molecule has 142 valence electrons. The summed E-state index contributed by atoms with van der Waals surface area (Å²) in [6, 6.07) is 11.0. The van der Waals surface area contributed by atoms with Crippen LogP contribution in [0, 0.1) is 6.92 Å². The van der Waals surface area contributed by atoms with Crippen LogP contribution >= 0.6 is 34.8 Å². The van der Waals surface area contributed by atoms with Crippen LogP contribution in [0.4, 0.5) is 5.82 Å². The van der Waals surface area contributed by atoms with Gasteiger partial charge in [-0.3, -0.25) is 4.79 Å². The van der Waals surface area contributed by atoms with E-state index < -0.39 is 0 Å². The van der Waals surface area contributed by atoms with Crippen molar-refractivity contribution >= 4 is 51.5 Å². The number of fused-ring (bicyclic) bond motifs is 1. The highest BCUT2D eigenvalue weighted by Crippen LogP contribution is 2.29. The van der Waals surface area contributed by atoms with Crippen molar-refractivity contribution in [2.75, 3.05) is 18.4 Å². The summed E-state index contributed by atoms with van der Waals surface area (Å²) in [7, 11) is 0. The third-order valence-electron chi connectivity index (χ3n) is 4.36. The van der Waals surface area contributed by atoms with Gasteiger partial charge in [0.25, 0.3) is 0 Å². The molecular formula is C20H20Cl3N3O. The van der Waals surface area contributed by atoms with Gasteiger partial charge in [-0.05, 0) is 49.7 Å². The number of aromatic amines is 1. The van der Waals surface area contributed by atoms with Gasteiger partial charge in [-0.25, -0.2) is 0 Å². The zero-order chi connectivity index (χ0) is 19.4. The fourth-order valence-corrected chi connectivity index (χ4v) is 3.61. The molecule has 0 radical (unpaired) electrons. The summed E-state index contributed by atoms with van der Waals surface area (Å²) in [4.78, 5) is 15.7. The van der Waals surface area contributed by atoms with Crippen molar-refractivity contribution < 1.29 is 0 Å². The van der Waals surface area contributed by atoms with Gasteiger partial charge in [0.15, 0.2) is 5.43 Å². The van der Waals surface area contributed by atoms with Gasteiger partial charge in [-0.2, -0.15) is 0 Å². The number of anilines is 1. The average Bonchev–Trinajstić information content (AvgIpc) is 2.65. The number of aromatic nitrogens is 1. The highest BCUT2D eigenvalue weighted by Gasteiger charge is 2.08. The molecule has 27 heavy (non-hydrogen) atoms. The predicted octanol–water partition coefficient (Wildman–Crippen LogP) is 5.39. The number of hydrogen-bond donors (Lipinski definition) is 3. The summed E-state index contributed by atoms with van der Waals surface area (Å²) in [6.07, 6.45) is 0.875. The predicted molar refractivity (Wildman–Crippen MR) is 116 cm³/mol. The monoisotopic (exact) mass is 423 g/mol. The second-order valence-corrected chi connectivity index (χ2v) is 7.54. The topological polar surface area (TPSA) is 56.9 Å². The Kier molecular flexibility index (Phi) is 6.66. The molecule has 0 aliphatic rings. The number of para-hydroxylation sites is 1. The molecule has 0 atom stereocenters. The van der Waals surface area contributed by atoms with Crippen molar-refractivity contribution in [1.82, 2.24) is 10.3 Å². The Labute approximate surface area is 172 Å². The minimum absolute atomic E-state index is 0.0532. The fraction of sp³-hybridized carbons (Fsp3) is 0.250. The van der Waals surface area contributed by atoms with E-state index in [1.807, 2.05) is 37.3 Å². The van der Waals surface area contributed by atoms with Crippen LogP contribution in [0.2, 0.25) is 15.1 Å². The minimum atomic E-state index is 0.0532. The van der Waals surface area contributed by atoms with Gasteiger partial charge in [0.05, 0.1) is 15.6 Å². The number of H-pyrrole nitrogens is 1. The third kappa shape index (κ3) is 4.77. The van der Waals surface area contributed by atoms with Crippen molar-refractivity contribution in [1.29, 1.82) is 0 Å². The standard InChI is InChI=1S/C20H20Cl3N3O/c1-12-19(27)15-5-2-3-6-17(15)26-20(12)25-8-4-7-24-11-13-9-14(21)10-16(22)18(13)23/h2-3,5-6,9-10,24H,4,7-8,11H2,1H3,(H2,25,26,27). The Morgan fingerprint density at radius 1 is 1.07 bits per heavy atom. The molecule has 7 heteroatoms. The molecule has 0 unspecified atom stereocenters. The smallest absolute Gasteiger partial charge is 0.194 e. The highest BCUT2D eigenvalue weighted by molar-refractivity contribution is 6.43. The molecule has 0 spiro atoms. The second kappa shape index (κ2) is 8.98. The van der Waals surface area contributed by atoms with Gasteiger partial charge in [0.1, 0.15) is 5.82 Å². The zero-order valence-corrected chi connectivity index (χ0v) is 17.1. The lowest BCUT2D eigenvalue weighted by Crippen LogP contribution is -2.19. The van der Waals surface area contributed by atoms with Gasteiger partial charge in [0, 0.05) is 29.1 Å². The van der Waals surface area contributed by atoms with E-state index in [-0.39, 0.29) is 5.43 Å². The molecule has 0 aliphatic heterocycles. The van der Waals surface area contributed by atoms with E-state index in [0.717, 1.165) is 36.4 Å². The van der Waals surface area contributed by atoms with Crippen LogP contribution in [0.15, 0.2) is 41.2 Å². The van der Waals surface area contributed by atoms with Crippen LogP contribution in [0.1, 0.15) is 17.5 Å². The molecule has 0 bridgehead atoms. The lowest BCUT2D eigenvalue weighted by atomic mass is 10.1. The molecule has 3 aromatic rings. The minimum Gasteiger partial charge on any atom is -0.371 e. The number of pyridine rings is 1. The number of halogens is 3. The van der Waals surface area contributed by atoms with E-state index in [0.29, 0.717) is 32.6 Å². The number of hydrogen-bond acceptors (Lipinski definition) is 3.